The monoisotopic (exact) mass is 393 g/mol. The Kier molecular flexibility index (Phi) is 5.47. The van der Waals surface area contributed by atoms with Gasteiger partial charge in [0.1, 0.15) is 4.90 Å². The molecule has 2 aromatic rings. The average Bonchev–Trinajstić information content (AvgIpc) is 3.29. The van der Waals surface area contributed by atoms with Crippen molar-refractivity contribution in [3.05, 3.63) is 45.8 Å². The number of nitrogens with one attached hydrogen (secondary N) is 1. The Labute approximate surface area is 158 Å². The van der Waals surface area contributed by atoms with Gasteiger partial charge >= 0.3 is 0 Å². The Morgan fingerprint density at radius 3 is 2.63 bits per heavy atom. The third-order valence-corrected chi connectivity index (χ3v) is 6.59. The Hall–Kier alpha value is -2.46. The maximum absolute atomic E-state index is 13.0. The number of sulfonamides is 1. The summed E-state index contributed by atoms with van der Waals surface area (Å²) in [7, 11) is -1.96. The highest BCUT2D eigenvalue weighted by Crippen LogP contribution is 2.31. The van der Waals surface area contributed by atoms with Crippen LogP contribution in [0.5, 0.6) is 0 Å². The van der Waals surface area contributed by atoms with Crippen molar-refractivity contribution < 1.29 is 13.3 Å². The molecule has 1 fully saturated rings. The predicted molar refractivity (Wildman–Crippen MR) is 101 cm³/mol. The summed E-state index contributed by atoms with van der Waals surface area (Å²) in [6.07, 6.45) is 4.24. The lowest BCUT2D eigenvalue weighted by atomic mass is 10.2. The fraction of sp³-hybridized carbons (Fsp3) is 0.471. The topological polar surface area (TPSA) is 110 Å². The average molecular weight is 393 g/mol. The molecule has 1 saturated heterocycles. The number of aryl methyl sites for hydroxylation is 2. The van der Waals surface area contributed by atoms with Crippen LogP contribution in [0.4, 0.5) is 11.4 Å². The number of hydrogen-bond acceptors (Lipinski definition) is 6. The van der Waals surface area contributed by atoms with Crippen LogP contribution in [0.2, 0.25) is 0 Å². The van der Waals surface area contributed by atoms with Crippen LogP contribution in [0.1, 0.15) is 31.0 Å². The van der Waals surface area contributed by atoms with Gasteiger partial charge in [0.15, 0.2) is 0 Å². The Bertz CT molecular complexity index is 948. The molecule has 1 aliphatic heterocycles. The number of nitro groups is 1. The molecule has 10 heteroatoms. The summed E-state index contributed by atoms with van der Waals surface area (Å²) in [6, 6.07) is 3.92. The van der Waals surface area contributed by atoms with E-state index in [0.717, 1.165) is 36.6 Å². The Balaban J connectivity index is 1.95. The van der Waals surface area contributed by atoms with E-state index in [1.54, 1.807) is 4.68 Å². The normalized spacial score (nSPS) is 15.2. The molecule has 1 N–H and O–H groups in total. The number of benzene rings is 1. The van der Waals surface area contributed by atoms with Crippen LogP contribution in [0.15, 0.2) is 29.3 Å². The zero-order valence-electron chi connectivity index (χ0n) is 15.4. The summed E-state index contributed by atoms with van der Waals surface area (Å²) in [6.45, 7) is 3.26. The summed E-state index contributed by atoms with van der Waals surface area (Å²) in [5, 5.41) is 18.6. The van der Waals surface area contributed by atoms with Crippen molar-refractivity contribution in [2.45, 2.75) is 37.6 Å². The van der Waals surface area contributed by atoms with Crippen LogP contribution in [0, 0.1) is 10.1 Å². The molecule has 0 atom stereocenters. The van der Waals surface area contributed by atoms with E-state index in [9.17, 15) is 18.5 Å². The molecule has 0 spiro atoms. The second kappa shape index (κ2) is 7.65. The lowest BCUT2D eigenvalue weighted by molar-refractivity contribution is -0.385. The summed E-state index contributed by atoms with van der Waals surface area (Å²) in [5.74, 6) is 0. The minimum Gasteiger partial charge on any atom is -0.380 e. The molecule has 0 amide bonds. The minimum atomic E-state index is -3.79. The van der Waals surface area contributed by atoms with Gasteiger partial charge in [0.2, 0.25) is 10.0 Å². The number of rotatable bonds is 7. The van der Waals surface area contributed by atoms with Crippen molar-refractivity contribution in [1.29, 1.82) is 0 Å². The molecular weight excluding hydrogens is 370 g/mol. The molecule has 0 bridgehead atoms. The van der Waals surface area contributed by atoms with E-state index in [-0.39, 0.29) is 10.6 Å². The highest BCUT2D eigenvalue weighted by molar-refractivity contribution is 7.89. The molecule has 1 aromatic heterocycles. The number of anilines is 1. The largest absolute Gasteiger partial charge is 0.380 e. The molecule has 0 aliphatic carbocycles. The maximum atomic E-state index is 13.0. The number of non-ortho nitro benzene ring substituents is 1. The maximum Gasteiger partial charge on any atom is 0.270 e. The highest BCUT2D eigenvalue weighted by atomic mass is 32.2. The highest BCUT2D eigenvalue weighted by Gasteiger charge is 2.31. The second-order valence-corrected chi connectivity index (χ2v) is 8.44. The van der Waals surface area contributed by atoms with E-state index in [4.69, 9.17) is 0 Å². The first-order chi connectivity index (χ1) is 12.8. The zero-order valence-corrected chi connectivity index (χ0v) is 16.2. The van der Waals surface area contributed by atoms with Gasteiger partial charge in [0.25, 0.3) is 5.69 Å². The number of aromatic nitrogens is 2. The molecule has 0 saturated carbocycles. The fourth-order valence-electron chi connectivity index (χ4n) is 3.27. The summed E-state index contributed by atoms with van der Waals surface area (Å²) in [5.41, 5.74) is 2.01. The van der Waals surface area contributed by atoms with Crippen LogP contribution in [0.25, 0.3) is 0 Å². The summed E-state index contributed by atoms with van der Waals surface area (Å²) >= 11 is 0. The third-order valence-electron chi connectivity index (χ3n) is 4.65. The summed E-state index contributed by atoms with van der Waals surface area (Å²) in [4.78, 5) is 10.5. The molecule has 146 valence electrons. The van der Waals surface area contributed by atoms with Gasteiger partial charge in [0, 0.05) is 50.6 Å². The standard InChI is InChI=1S/C17H23N5O4S/c1-3-15-13(12-20(2)19-15)11-18-16-7-6-14(22(23)24)10-17(16)27(25,26)21-8-4-5-9-21/h6-7,10,12,18H,3-5,8-9,11H2,1-2H3. The van der Waals surface area contributed by atoms with Crippen molar-refractivity contribution in [2.75, 3.05) is 18.4 Å². The van der Waals surface area contributed by atoms with Crippen LogP contribution in [-0.2, 0) is 30.0 Å². The molecule has 2 heterocycles. The molecular formula is C17H23N5O4S. The molecule has 1 aromatic carbocycles. The Morgan fingerprint density at radius 2 is 2.00 bits per heavy atom. The Morgan fingerprint density at radius 1 is 1.30 bits per heavy atom. The van der Waals surface area contributed by atoms with Gasteiger partial charge in [-0.25, -0.2) is 8.42 Å². The van der Waals surface area contributed by atoms with Crippen LogP contribution in [-0.4, -0.2) is 40.5 Å². The predicted octanol–water partition coefficient (Wildman–Crippen LogP) is 2.29. The molecule has 0 unspecified atom stereocenters. The van der Waals surface area contributed by atoms with Crippen molar-refractivity contribution in [1.82, 2.24) is 14.1 Å². The van der Waals surface area contributed by atoms with E-state index in [0.29, 0.717) is 25.3 Å². The van der Waals surface area contributed by atoms with Gasteiger partial charge in [0.05, 0.1) is 16.3 Å². The van der Waals surface area contributed by atoms with Crippen LogP contribution < -0.4 is 5.32 Å². The first-order valence-corrected chi connectivity index (χ1v) is 10.3. The molecule has 1 aliphatic rings. The van der Waals surface area contributed by atoms with Crippen molar-refractivity contribution in [3.8, 4) is 0 Å². The number of hydrogen-bond donors (Lipinski definition) is 1. The minimum absolute atomic E-state index is 0.0551. The lowest BCUT2D eigenvalue weighted by Gasteiger charge is -2.18. The molecule has 3 rings (SSSR count). The van der Waals surface area contributed by atoms with Crippen molar-refractivity contribution in [3.63, 3.8) is 0 Å². The van der Waals surface area contributed by atoms with Gasteiger partial charge in [-0.2, -0.15) is 9.40 Å². The van der Waals surface area contributed by atoms with E-state index in [1.807, 2.05) is 20.2 Å². The quantitative estimate of drug-likeness (QED) is 0.571. The number of nitro benzene ring substituents is 1. The van der Waals surface area contributed by atoms with Gasteiger partial charge in [-0.15, -0.1) is 0 Å². The van der Waals surface area contributed by atoms with E-state index in [2.05, 4.69) is 10.4 Å². The fourth-order valence-corrected chi connectivity index (χ4v) is 4.98. The van der Waals surface area contributed by atoms with E-state index >= 15 is 0 Å². The van der Waals surface area contributed by atoms with Gasteiger partial charge in [-0.3, -0.25) is 14.8 Å². The van der Waals surface area contributed by atoms with Crippen LogP contribution in [0.3, 0.4) is 0 Å². The van der Waals surface area contributed by atoms with Gasteiger partial charge < -0.3 is 5.32 Å². The molecule has 0 radical (unpaired) electrons. The van der Waals surface area contributed by atoms with Gasteiger partial charge in [-0.05, 0) is 25.3 Å². The molecule has 9 nitrogen and oxygen atoms in total. The summed E-state index contributed by atoms with van der Waals surface area (Å²) < 4.78 is 29.1. The zero-order chi connectivity index (χ0) is 19.6. The van der Waals surface area contributed by atoms with E-state index in [1.165, 1.54) is 16.4 Å². The van der Waals surface area contributed by atoms with Crippen molar-refractivity contribution in [2.24, 2.45) is 7.05 Å². The second-order valence-electron chi connectivity index (χ2n) is 6.53. The first-order valence-electron chi connectivity index (χ1n) is 8.86. The lowest BCUT2D eigenvalue weighted by Crippen LogP contribution is -2.28. The molecule has 27 heavy (non-hydrogen) atoms. The smallest absolute Gasteiger partial charge is 0.270 e. The first kappa shape index (κ1) is 19.3. The number of nitrogens with zero attached hydrogens (tertiary/aromatic N) is 4. The van der Waals surface area contributed by atoms with Gasteiger partial charge in [-0.1, -0.05) is 6.92 Å². The van der Waals surface area contributed by atoms with Crippen molar-refractivity contribution >= 4 is 21.4 Å². The van der Waals surface area contributed by atoms with Crippen LogP contribution >= 0.6 is 0 Å². The third kappa shape index (κ3) is 3.96. The SMILES string of the molecule is CCc1nn(C)cc1CNc1ccc([N+](=O)[O-])cc1S(=O)(=O)N1CCCC1. The van der Waals surface area contributed by atoms with E-state index < -0.39 is 14.9 Å².